The third kappa shape index (κ3) is 6.79. The van der Waals surface area contributed by atoms with Gasteiger partial charge in [-0.1, -0.05) is 5.24 Å². The number of nitrogens with zero attached hydrogens (tertiary/aromatic N) is 2. The molecule has 0 saturated carbocycles. The molecule has 1 aromatic carbocycles. The summed E-state index contributed by atoms with van der Waals surface area (Å²) in [5, 5.41) is 1.60. The molecular weight excluding hydrogens is 299 g/mol. The Kier molecular flexibility index (Phi) is 7.53. The number of anilines is 1. The molecule has 1 heterocycles. The van der Waals surface area contributed by atoms with E-state index in [0.717, 1.165) is 38.5 Å². The van der Waals surface area contributed by atoms with Crippen LogP contribution in [0.25, 0.3) is 0 Å². The molecule has 1 aliphatic rings. The van der Waals surface area contributed by atoms with Crippen LogP contribution in [0.5, 0.6) is 5.75 Å². The molecule has 8 heteroatoms. The lowest BCUT2D eigenvalue weighted by molar-refractivity contribution is 0.146. The van der Waals surface area contributed by atoms with Crippen molar-refractivity contribution < 1.29 is 9.47 Å². The number of hydrogen-bond donors (Lipinski definition) is 1. The lowest BCUT2D eigenvalue weighted by Gasteiger charge is -2.36. The molecule has 0 spiro atoms. The summed E-state index contributed by atoms with van der Waals surface area (Å²) in [5.74, 6) is 0.870. The Balaban J connectivity index is 1.71. The molecule has 5 nitrogen and oxygen atoms in total. The Morgan fingerprint density at radius 3 is 2.29 bits per heavy atom. The van der Waals surface area contributed by atoms with Crippen LogP contribution in [-0.4, -0.2) is 93.3 Å². The number of ether oxygens (including phenoxy) is 2. The summed E-state index contributed by atoms with van der Waals surface area (Å²) in [7, 11) is 18.2. The highest BCUT2D eigenvalue weighted by atomic mass is 16.5. The molecule has 0 aromatic heterocycles. The van der Waals surface area contributed by atoms with Crippen molar-refractivity contribution in [3.8, 4) is 5.75 Å². The van der Waals surface area contributed by atoms with Crippen LogP contribution in [0.3, 0.4) is 0 Å². The molecule has 1 saturated heterocycles. The van der Waals surface area contributed by atoms with Crippen molar-refractivity contribution in [2.75, 3.05) is 64.5 Å². The van der Waals surface area contributed by atoms with Gasteiger partial charge in [0.25, 0.3) is 0 Å². The number of benzene rings is 1. The highest BCUT2D eigenvalue weighted by molar-refractivity contribution is 6.59. The van der Waals surface area contributed by atoms with E-state index in [0.29, 0.717) is 19.8 Å². The molecule has 1 fully saturated rings. The standard InChI is InChI=1S/C16H24B3N3O2/c1-23-12-13-24-15-4-2-14(3-5-15)22-10-8-21(9-11-22)7-6-20-16(17,18)19/h2-5,20H,6-13H2,1H3. The molecule has 0 amide bonds. The van der Waals surface area contributed by atoms with Gasteiger partial charge in [0.2, 0.25) is 0 Å². The fourth-order valence-electron chi connectivity index (χ4n) is 2.66. The fraction of sp³-hybridized carbons (Fsp3) is 0.625. The summed E-state index contributed by atoms with van der Waals surface area (Å²) < 4.78 is 10.6. The van der Waals surface area contributed by atoms with E-state index < -0.39 is 5.24 Å². The van der Waals surface area contributed by atoms with Gasteiger partial charge in [-0.05, 0) is 24.3 Å². The van der Waals surface area contributed by atoms with Gasteiger partial charge >= 0.3 is 0 Å². The Hall–Kier alpha value is -1.11. The van der Waals surface area contributed by atoms with Gasteiger partial charge in [0.1, 0.15) is 12.4 Å². The lowest BCUT2D eigenvalue weighted by atomic mass is 9.49. The molecule has 0 unspecified atom stereocenters. The van der Waals surface area contributed by atoms with Gasteiger partial charge in [-0.15, -0.1) is 0 Å². The zero-order valence-corrected chi connectivity index (χ0v) is 14.4. The van der Waals surface area contributed by atoms with E-state index >= 15 is 0 Å². The quantitative estimate of drug-likeness (QED) is 0.492. The van der Waals surface area contributed by atoms with Crippen LogP contribution >= 0.6 is 0 Å². The van der Waals surface area contributed by atoms with Gasteiger partial charge in [-0.3, -0.25) is 4.90 Å². The lowest BCUT2D eigenvalue weighted by Crippen LogP contribution is -2.52. The summed E-state index contributed by atoms with van der Waals surface area (Å²) in [6, 6.07) is 8.21. The van der Waals surface area contributed by atoms with Crippen LogP contribution in [-0.2, 0) is 4.74 Å². The van der Waals surface area contributed by atoms with Crippen molar-refractivity contribution in [3.05, 3.63) is 24.3 Å². The van der Waals surface area contributed by atoms with Gasteiger partial charge in [-0.2, -0.15) is 0 Å². The first-order valence-corrected chi connectivity index (χ1v) is 8.29. The van der Waals surface area contributed by atoms with Gasteiger partial charge in [-0.25, -0.2) is 0 Å². The molecule has 1 N–H and O–H groups in total. The van der Waals surface area contributed by atoms with E-state index in [1.54, 1.807) is 7.11 Å². The Morgan fingerprint density at radius 2 is 1.71 bits per heavy atom. The minimum Gasteiger partial charge on any atom is -0.491 e. The van der Waals surface area contributed by atoms with Crippen molar-refractivity contribution in [1.82, 2.24) is 10.2 Å². The second-order valence-corrected chi connectivity index (χ2v) is 6.02. The topological polar surface area (TPSA) is 37.0 Å². The first-order valence-electron chi connectivity index (χ1n) is 8.29. The highest BCUT2D eigenvalue weighted by Gasteiger charge is 2.17. The maximum Gasteiger partial charge on any atom is 0.119 e. The molecular formula is C16H24B3N3O2. The summed E-state index contributed by atoms with van der Waals surface area (Å²) in [5.41, 5.74) is 1.22. The van der Waals surface area contributed by atoms with Crippen molar-refractivity contribution in [3.63, 3.8) is 0 Å². The first-order chi connectivity index (χ1) is 11.5. The van der Waals surface area contributed by atoms with Crippen molar-refractivity contribution in [1.29, 1.82) is 0 Å². The highest BCUT2D eigenvalue weighted by Crippen LogP contribution is 2.20. The average Bonchev–Trinajstić information content (AvgIpc) is 2.55. The van der Waals surface area contributed by atoms with Crippen molar-refractivity contribution in [2.24, 2.45) is 0 Å². The van der Waals surface area contributed by atoms with Crippen LogP contribution in [0.1, 0.15) is 0 Å². The SMILES string of the molecule is [B]C([B])([B])NCCN1CCN(c2ccc(OCCOC)cc2)CC1. The van der Waals surface area contributed by atoms with Crippen LogP contribution in [0.4, 0.5) is 5.69 Å². The largest absolute Gasteiger partial charge is 0.491 e. The predicted molar refractivity (Wildman–Crippen MR) is 100 cm³/mol. The Morgan fingerprint density at radius 1 is 1.04 bits per heavy atom. The molecule has 0 aliphatic carbocycles. The van der Waals surface area contributed by atoms with Gasteiger partial charge in [0, 0.05) is 52.1 Å². The maximum absolute atomic E-state index is 5.59. The Labute approximate surface area is 149 Å². The third-order valence-corrected chi connectivity index (χ3v) is 3.99. The Bertz CT molecular complexity index is 474. The zero-order chi connectivity index (χ0) is 17.4. The van der Waals surface area contributed by atoms with Crippen LogP contribution in [0, 0.1) is 0 Å². The van der Waals surface area contributed by atoms with Gasteiger partial charge < -0.3 is 19.7 Å². The van der Waals surface area contributed by atoms with Crippen LogP contribution < -0.4 is 15.0 Å². The molecule has 6 radical (unpaired) electrons. The number of piperazine rings is 1. The second kappa shape index (κ2) is 9.40. The summed E-state index contributed by atoms with van der Waals surface area (Å²) in [6.45, 7) is 6.70. The normalized spacial score (nSPS) is 16.3. The average molecular weight is 323 g/mol. The van der Waals surface area contributed by atoms with E-state index in [4.69, 9.17) is 33.0 Å². The van der Waals surface area contributed by atoms with E-state index in [1.165, 1.54) is 5.69 Å². The zero-order valence-electron chi connectivity index (χ0n) is 14.4. The van der Waals surface area contributed by atoms with Gasteiger partial charge in [0.05, 0.1) is 30.1 Å². The summed E-state index contributed by atoms with van der Waals surface area (Å²) >= 11 is 0. The summed E-state index contributed by atoms with van der Waals surface area (Å²) in [6.07, 6.45) is 0. The molecule has 1 aliphatic heterocycles. The van der Waals surface area contributed by atoms with Crippen molar-refractivity contribution in [2.45, 2.75) is 5.24 Å². The summed E-state index contributed by atoms with van der Waals surface area (Å²) in [4.78, 5) is 4.75. The second-order valence-electron chi connectivity index (χ2n) is 6.02. The number of nitrogens with one attached hydrogen (secondary N) is 1. The molecule has 1 aromatic rings. The number of rotatable bonds is 9. The van der Waals surface area contributed by atoms with E-state index in [1.807, 2.05) is 12.1 Å². The number of methoxy groups -OCH3 is 1. The smallest absolute Gasteiger partial charge is 0.119 e. The van der Waals surface area contributed by atoms with Crippen molar-refractivity contribution >= 4 is 29.2 Å². The number of hydrogen-bond acceptors (Lipinski definition) is 5. The van der Waals surface area contributed by atoms with E-state index in [-0.39, 0.29) is 0 Å². The maximum atomic E-state index is 5.59. The van der Waals surface area contributed by atoms with Crippen LogP contribution in [0.15, 0.2) is 24.3 Å². The molecule has 0 atom stereocenters. The minimum atomic E-state index is -1.30. The predicted octanol–water partition coefficient (Wildman–Crippen LogP) is -0.460. The van der Waals surface area contributed by atoms with Crippen LogP contribution in [0.2, 0.25) is 0 Å². The monoisotopic (exact) mass is 323 g/mol. The third-order valence-electron chi connectivity index (χ3n) is 3.99. The van der Waals surface area contributed by atoms with E-state index in [9.17, 15) is 0 Å². The minimum absolute atomic E-state index is 0.568. The van der Waals surface area contributed by atoms with E-state index in [2.05, 4.69) is 27.2 Å². The molecule has 124 valence electrons. The van der Waals surface area contributed by atoms with Gasteiger partial charge in [0.15, 0.2) is 0 Å². The molecule has 0 bridgehead atoms. The fourth-order valence-corrected chi connectivity index (χ4v) is 2.66. The molecule has 2 rings (SSSR count). The molecule has 24 heavy (non-hydrogen) atoms. The first kappa shape index (κ1) is 19.2.